The Morgan fingerprint density at radius 3 is 2.91 bits per heavy atom. The van der Waals surface area contributed by atoms with Crippen LogP contribution in [0.5, 0.6) is 0 Å². The molecule has 0 bridgehead atoms. The number of fused-ring (bicyclic) bond motifs is 1. The van der Waals surface area contributed by atoms with Crippen molar-refractivity contribution in [2.75, 3.05) is 51.8 Å². The van der Waals surface area contributed by atoms with Gasteiger partial charge in [0.15, 0.2) is 5.65 Å². The first-order chi connectivity index (χ1) is 11.1. The third-order valence-electron chi connectivity index (χ3n) is 4.56. The molecule has 1 aliphatic rings. The van der Waals surface area contributed by atoms with Crippen LogP contribution in [0.3, 0.4) is 0 Å². The molecule has 0 N–H and O–H groups in total. The van der Waals surface area contributed by atoms with Crippen molar-refractivity contribution in [3.63, 3.8) is 0 Å². The Kier molecular flexibility index (Phi) is 4.82. The molecule has 6 nitrogen and oxygen atoms in total. The van der Waals surface area contributed by atoms with Crippen LogP contribution < -0.4 is 4.90 Å². The summed E-state index contributed by atoms with van der Waals surface area (Å²) < 4.78 is 7.14. The third kappa shape index (κ3) is 3.64. The Morgan fingerprint density at radius 2 is 2.13 bits per heavy atom. The zero-order valence-corrected chi connectivity index (χ0v) is 14.6. The molecule has 6 heteroatoms. The predicted molar refractivity (Wildman–Crippen MR) is 92.2 cm³/mol. The Labute approximate surface area is 138 Å². The monoisotopic (exact) mass is 317 g/mol. The van der Waals surface area contributed by atoms with Gasteiger partial charge in [-0.1, -0.05) is 0 Å². The van der Waals surface area contributed by atoms with Gasteiger partial charge in [0, 0.05) is 51.6 Å². The van der Waals surface area contributed by atoms with Gasteiger partial charge in [0.1, 0.15) is 5.82 Å². The number of aryl methyl sites for hydroxylation is 2. The maximum atomic E-state index is 5.18. The van der Waals surface area contributed by atoms with E-state index in [1.807, 2.05) is 24.4 Å². The van der Waals surface area contributed by atoms with Crippen LogP contribution >= 0.6 is 0 Å². The molecule has 2 aromatic rings. The molecule has 1 aliphatic heterocycles. The van der Waals surface area contributed by atoms with Crippen molar-refractivity contribution in [3.05, 3.63) is 23.5 Å². The Hall–Kier alpha value is -1.66. The first-order valence-electron chi connectivity index (χ1n) is 8.33. The van der Waals surface area contributed by atoms with E-state index in [-0.39, 0.29) is 0 Å². The van der Waals surface area contributed by atoms with E-state index in [1.54, 1.807) is 7.11 Å². The molecule has 0 amide bonds. The lowest BCUT2D eigenvalue weighted by Crippen LogP contribution is -2.30. The average molecular weight is 317 g/mol. The summed E-state index contributed by atoms with van der Waals surface area (Å²) in [6.07, 6.45) is 1.25. The van der Waals surface area contributed by atoms with Gasteiger partial charge in [-0.15, -0.1) is 0 Å². The van der Waals surface area contributed by atoms with Gasteiger partial charge >= 0.3 is 0 Å². The largest absolute Gasteiger partial charge is 0.383 e. The molecule has 0 radical (unpaired) electrons. The lowest BCUT2D eigenvalue weighted by atomic mass is 10.1. The number of hydrogen-bond donors (Lipinski definition) is 0. The van der Waals surface area contributed by atoms with Crippen molar-refractivity contribution in [1.29, 1.82) is 0 Å². The number of methoxy groups -OCH3 is 1. The quantitative estimate of drug-likeness (QED) is 0.812. The number of anilines is 1. The molecule has 2 aromatic heterocycles. The van der Waals surface area contributed by atoms with Gasteiger partial charge in [0.05, 0.1) is 12.3 Å². The second-order valence-corrected chi connectivity index (χ2v) is 6.64. The highest BCUT2D eigenvalue weighted by molar-refractivity contribution is 5.51. The van der Waals surface area contributed by atoms with Crippen LogP contribution in [-0.4, -0.2) is 66.4 Å². The van der Waals surface area contributed by atoms with E-state index in [4.69, 9.17) is 4.74 Å². The van der Waals surface area contributed by atoms with E-state index in [1.165, 1.54) is 13.0 Å². The summed E-state index contributed by atoms with van der Waals surface area (Å²) in [5.74, 6) is 1.81. The lowest BCUT2D eigenvalue weighted by Gasteiger charge is -2.24. The van der Waals surface area contributed by atoms with E-state index in [2.05, 4.69) is 33.0 Å². The summed E-state index contributed by atoms with van der Waals surface area (Å²) in [7, 11) is 3.92. The predicted octanol–water partition coefficient (Wildman–Crippen LogP) is 1.75. The number of ether oxygens (including phenoxy) is 1. The van der Waals surface area contributed by atoms with Crippen LogP contribution in [0.15, 0.2) is 12.1 Å². The van der Waals surface area contributed by atoms with Gasteiger partial charge in [-0.2, -0.15) is 9.61 Å². The molecule has 0 spiro atoms. The van der Waals surface area contributed by atoms with E-state index in [0.717, 1.165) is 49.1 Å². The molecule has 0 aliphatic carbocycles. The molecule has 1 saturated heterocycles. The zero-order chi connectivity index (χ0) is 16.4. The highest BCUT2D eigenvalue weighted by Crippen LogP contribution is 2.22. The van der Waals surface area contributed by atoms with Crippen LogP contribution in [0.25, 0.3) is 5.65 Å². The topological polar surface area (TPSA) is 45.9 Å². The fourth-order valence-corrected chi connectivity index (χ4v) is 3.43. The van der Waals surface area contributed by atoms with Gasteiger partial charge in [-0.05, 0) is 32.7 Å². The molecule has 1 unspecified atom stereocenters. The summed E-state index contributed by atoms with van der Waals surface area (Å²) in [5, 5.41) is 4.59. The number of rotatable bonds is 6. The van der Waals surface area contributed by atoms with Crippen LogP contribution in [0.1, 0.15) is 17.8 Å². The van der Waals surface area contributed by atoms with Crippen molar-refractivity contribution in [2.24, 2.45) is 5.92 Å². The van der Waals surface area contributed by atoms with Crippen molar-refractivity contribution < 1.29 is 4.74 Å². The maximum Gasteiger partial charge on any atom is 0.157 e. The van der Waals surface area contributed by atoms with E-state index in [9.17, 15) is 0 Å². The minimum absolute atomic E-state index is 0.692. The summed E-state index contributed by atoms with van der Waals surface area (Å²) >= 11 is 0. The fourth-order valence-electron chi connectivity index (χ4n) is 3.43. The number of hydrogen-bond acceptors (Lipinski definition) is 5. The van der Waals surface area contributed by atoms with Gasteiger partial charge < -0.3 is 14.5 Å². The summed E-state index contributed by atoms with van der Waals surface area (Å²) in [6, 6.07) is 4.16. The van der Waals surface area contributed by atoms with Crippen LogP contribution in [0, 0.1) is 19.8 Å². The second kappa shape index (κ2) is 6.84. The molecule has 126 valence electrons. The number of nitrogens with zero attached hydrogens (tertiary/aromatic N) is 5. The summed E-state index contributed by atoms with van der Waals surface area (Å²) in [4.78, 5) is 9.38. The van der Waals surface area contributed by atoms with Gasteiger partial charge in [0.25, 0.3) is 0 Å². The molecular weight excluding hydrogens is 290 g/mol. The number of likely N-dealkylation sites (tertiary alicyclic amines) is 1. The SMILES string of the molecule is COCCN1CCC(CN(C)c2cc(C)nc3cc(C)nn23)C1. The second-order valence-electron chi connectivity index (χ2n) is 6.64. The smallest absolute Gasteiger partial charge is 0.157 e. The maximum absolute atomic E-state index is 5.18. The molecule has 0 aromatic carbocycles. The van der Waals surface area contributed by atoms with E-state index >= 15 is 0 Å². The van der Waals surface area contributed by atoms with Crippen LogP contribution in [0.2, 0.25) is 0 Å². The van der Waals surface area contributed by atoms with Crippen molar-refractivity contribution >= 4 is 11.5 Å². The summed E-state index contributed by atoms with van der Waals surface area (Å²) in [5.41, 5.74) is 2.97. The highest BCUT2D eigenvalue weighted by Gasteiger charge is 2.24. The Balaban J connectivity index is 1.70. The zero-order valence-electron chi connectivity index (χ0n) is 14.6. The standard InChI is InChI=1S/C17H27N5O/c1-13-10-17(22-16(18-13)9-14(2)19-22)20(3)11-15-5-6-21(12-15)7-8-23-4/h9-10,15H,5-8,11-12H2,1-4H3. The first-order valence-corrected chi connectivity index (χ1v) is 8.33. The molecule has 1 fully saturated rings. The van der Waals surface area contributed by atoms with Crippen molar-refractivity contribution in [2.45, 2.75) is 20.3 Å². The normalized spacial score (nSPS) is 18.9. The lowest BCUT2D eigenvalue weighted by molar-refractivity contribution is 0.159. The Morgan fingerprint density at radius 1 is 1.30 bits per heavy atom. The molecule has 3 rings (SSSR count). The minimum Gasteiger partial charge on any atom is -0.383 e. The Bertz CT molecular complexity index is 668. The van der Waals surface area contributed by atoms with Gasteiger partial charge in [-0.25, -0.2) is 4.98 Å². The van der Waals surface area contributed by atoms with E-state index < -0.39 is 0 Å². The fraction of sp³-hybridized carbons (Fsp3) is 0.647. The molecule has 0 saturated carbocycles. The molecular formula is C17H27N5O. The summed E-state index contributed by atoms with van der Waals surface area (Å²) in [6.45, 7) is 9.28. The highest BCUT2D eigenvalue weighted by atomic mass is 16.5. The van der Waals surface area contributed by atoms with Crippen LogP contribution in [-0.2, 0) is 4.74 Å². The van der Waals surface area contributed by atoms with Crippen molar-refractivity contribution in [3.8, 4) is 0 Å². The molecule has 3 heterocycles. The van der Waals surface area contributed by atoms with E-state index in [0.29, 0.717) is 5.92 Å². The van der Waals surface area contributed by atoms with Gasteiger partial charge in [-0.3, -0.25) is 0 Å². The van der Waals surface area contributed by atoms with Gasteiger partial charge in [0.2, 0.25) is 0 Å². The average Bonchev–Trinajstić information content (AvgIpc) is 3.09. The minimum atomic E-state index is 0.692. The third-order valence-corrected chi connectivity index (χ3v) is 4.56. The van der Waals surface area contributed by atoms with Crippen molar-refractivity contribution in [1.82, 2.24) is 19.5 Å². The molecule has 23 heavy (non-hydrogen) atoms. The number of aromatic nitrogens is 3. The van der Waals surface area contributed by atoms with Crippen LogP contribution in [0.4, 0.5) is 5.82 Å². The first kappa shape index (κ1) is 16.2. The molecule has 1 atom stereocenters.